The molecule has 1 unspecified atom stereocenters. The molecule has 1 aromatic carbocycles. The summed E-state index contributed by atoms with van der Waals surface area (Å²) in [4.78, 5) is 1.97. The third-order valence-electron chi connectivity index (χ3n) is 3.43. The van der Waals surface area contributed by atoms with Gasteiger partial charge in [-0.3, -0.25) is 0 Å². The van der Waals surface area contributed by atoms with Crippen LogP contribution in [-0.4, -0.2) is 43.6 Å². The molecule has 1 atom stereocenters. The number of rotatable bonds is 5. The molecule has 2 rings (SSSR count). The summed E-state index contributed by atoms with van der Waals surface area (Å²) in [6.45, 7) is 6.40. The number of aliphatic hydroxyl groups is 1. The second-order valence-corrected chi connectivity index (χ2v) is 5.40. The highest BCUT2D eigenvalue weighted by atomic mass is 19.1. The Kier molecular flexibility index (Phi) is 5.34. The van der Waals surface area contributed by atoms with Crippen LogP contribution in [0.1, 0.15) is 19.4 Å². The standard InChI is InChI=1S/C15H23FN2O2/c1-11(2)17-8-12-4-3-5-14(16)15(12)18-6-7-20-13(9-18)10-19/h3-5,11,13,17,19H,6-10H2,1-2H3. The lowest BCUT2D eigenvalue weighted by molar-refractivity contribution is 0.00336. The van der Waals surface area contributed by atoms with Crippen LogP contribution in [0, 0.1) is 5.82 Å². The number of anilines is 1. The molecule has 0 aliphatic carbocycles. The van der Waals surface area contributed by atoms with Gasteiger partial charge in [-0.25, -0.2) is 4.39 Å². The lowest BCUT2D eigenvalue weighted by Gasteiger charge is -2.35. The Labute approximate surface area is 119 Å². The van der Waals surface area contributed by atoms with Crippen molar-refractivity contribution in [1.82, 2.24) is 5.32 Å². The van der Waals surface area contributed by atoms with Crippen molar-refractivity contribution >= 4 is 5.69 Å². The topological polar surface area (TPSA) is 44.7 Å². The van der Waals surface area contributed by atoms with Gasteiger partial charge in [-0.05, 0) is 11.6 Å². The number of halogens is 1. The van der Waals surface area contributed by atoms with E-state index in [2.05, 4.69) is 19.2 Å². The van der Waals surface area contributed by atoms with Crippen LogP contribution in [0.25, 0.3) is 0 Å². The van der Waals surface area contributed by atoms with Crippen LogP contribution in [0.3, 0.4) is 0 Å². The molecule has 5 heteroatoms. The molecule has 0 bridgehead atoms. The van der Waals surface area contributed by atoms with Crippen LogP contribution in [-0.2, 0) is 11.3 Å². The fourth-order valence-electron chi connectivity index (χ4n) is 2.40. The van der Waals surface area contributed by atoms with Crippen LogP contribution in [0.5, 0.6) is 0 Å². The maximum absolute atomic E-state index is 14.2. The van der Waals surface area contributed by atoms with Gasteiger partial charge >= 0.3 is 0 Å². The van der Waals surface area contributed by atoms with Crippen molar-refractivity contribution in [1.29, 1.82) is 0 Å². The Hall–Kier alpha value is -1.17. The normalized spacial score (nSPS) is 19.6. The van der Waals surface area contributed by atoms with E-state index in [0.29, 0.717) is 38.0 Å². The largest absolute Gasteiger partial charge is 0.394 e. The van der Waals surface area contributed by atoms with E-state index in [0.717, 1.165) is 5.56 Å². The Morgan fingerprint density at radius 1 is 1.50 bits per heavy atom. The number of nitrogens with zero attached hydrogens (tertiary/aromatic N) is 1. The van der Waals surface area contributed by atoms with Crippen molar-refractivity contribution < 1.29 is 14.2 Å². The molecular weight excluding hydrogens is 259 g/mol. The maximum Gasteiger partial charge on any atom is 0.146 e. The highest BCUT2D eigenvalue weighted by Gasteiger charge is 2.24. The molecule has 0 amide bonds. The smallest absolute Gasteiger partial charge is 0.146 e. The summed E-state index contributed by atoms with van der Waals surface area (Å²) in [5.41, 5.74) is 1.57. The molecule has 0 aromatic heterocycles. The van der Waals surface area contributed by atoms with E-state index in [1.807, 2.05) is 11.0 Å². The third kappa shape index (κ3) is 3.69. The number of aliphatic hydroxyl groups excluding tert-OH is 1. The average molecular weight is 282 g/mol. The Morgan fingerprint density at radius 3 is 3.00 bits per heavy atom. The van der Waals surface area contributed by atoms with Crippen LogP contribution in [0.2, 0.25) is 0 Å². The van der Waals surface area contributed by atoms with E-state index < -0.39 is 0 Å². The Morgan fingerprint density at radius 2 is 2.30 bits per heavy atom. The molecule has 1 heterocycles. The molecule has 0 radical (unpaired) electrons. The van der Waals surface area contributed by atoms with Crippen molar-refractivity contribution in [3.05, 3.63) is 29.6 Å². The summed E-state index contributed by atoms with van der Waals surface area (Å²) >= 11 is 0. The minimum Gasteiger partial charge on any atom is -0.394 e. The van der Waals surface area contributed by atoms with E-state index >= 15 is 0 Å². The number of nitrogens with one attached hydrogen (secondary N) is 1. The maximum atomic E-state index is 14.2. The van der Waals surface area contributed by atoms with Crippen molar-refractivity contribution in [2.75, 3.05) is 31.2 Å². The first-order chi connectivity index (χ1) is 9.61. The zero-order valence-corrected chi connectivity index (χ0v) is 12.1. The first kappa shape index (κ1) is 15.2. The van der Waals surface area contributed by atoms with Gasteiger partial charge in [-0.1, -0.05) is 26.0 Å². The number of benzene rings is 1. The molecular formula is C15H23FN2O2. The predicted molar refractivity (Wildman–Crippen MR) is 77.4 cm³/mol. The summed E-state index contributed by atoms with van der Waals surface area (Å²) in [6.07, 6.45) is -0.241. The average Bonchev–Trinajstić information content (AvgIpc) is 2.45. The minimum atomic E-state index is -0.241. The van der Waals surface area contributed by atoms with Crippen molar-refractivity contribution in [3.63, 3.8) is 0 Å². The molecule has 1 aliphatic rings. The van der Waals surface area contributed by atoms with Crippen molar-refractivity contribution in [2.45, 2.75) is 32.5 Å². The van der Waals surface area contributed by atoms with E-state index in [4.69, 9.17) is 4.74 Å². The predicted octanol–water partition coefficient (Wildman–Crippen LogP) is 1.52. The lowest BCUT2D eigenvalue weighted by Crippen LogP contribution is -2.45. The quantitative estimate of drug-likeness (QED) is 0.859. The monoisotopic (exact) mass is 282 g/mol. The molecule has 1 fully saturated rings. The zero-order chi connectivity index (χ0) is 14.5. The fraction of sp³-hybridized carbons (Fsp3) is 0.600. The molecule has 0 saturated carbocycles. The highest BCUT2D eigenvalue weighted by Crippen LogP contribution is 2.26. The van der Waals surface area contributed by atoms with Gasteiger partial charge in [-0.15, -0.1) is 0 Å². The molecule has 20 heavy (non-hydrogen) atoms. The zero-order valence-electron chi connectivity index (χ0n) is 12.1. The first-order valence-electron chi connectivity index (χ1n) is 7.10. The SMILES string of the molecule is CC(C)NCc1cccc(F)c1N1CCOC(CO)C1. The van der Waals surface area contributed by atoms with Gasteiger partial charge in [0, 0.05) is 25.7 Å². The molecule has 1 aliphatic heterocycles. The summed E-state index contributed by atoms with van der Waals surface area (Å²) < 4.78 is 19.6. The molecule has 1 aromatic rings. The molecule has 4 nitrogen and oxygen atoms in total. The minimum absolute atomic E-state index is 0.0372. The van der Waals surface area contributed by atoms with Gasteiger partial charge in [0.1, 0.15) is 5.82 Å². The van der Waals surface area contributed by atoms with E-state index in [1.54, 1.807) is 6.07 Å². The summed E-state index contributed by atoms with van der Waals surface area (Å²) in [7, 11) is 0. The fourth-order valence-corrected chi connectivity index (χ4v) is 2.40. The molecule has 2 N–H and O–H groups in total. The summed E-state index contributed by atoms with van der Waals surface area (Å²) in [5.74, 6) is -0.216. The van der Waals surface area contributed by atoms with Gasteiger partial charge in [0.2, 0.25) is 0 Å². The van der Waals surface area contributed by atoms with E-state index in [9.17, 15) is 9.50 Å². The highest BCUT2D eigenvalue weighted by molar-refractivity contribution is 5.55. The van der Waals surface area contributed by atoms with Crippen LogP contribution in [0.15, 0.2) is 18.2 Å². The first-order valence-corrected chi connectivity index (χ1v) is 7.10. The lowest BCUT2D eigenvalue weighted by atomic mass is 10.1. The van der Waals surface area contributed by atoms with Crippen LogP contribution in [0.4, 0.5) is 10.1 Å². The molecule has 1 saturated heterocycles. The van der Waals surface area contributed by atoms with Gasteiger partial charge < -0.3 is 20.1 Å². The Balaban J connectivity index is 2.20. The van der Waals surface area contributed by atoms with Crippen molar-refractivity contribution in [3.8, 4) is 0 Å². The second-order valence-electron chi connectivity index (χ2n) is 5.40. The Bertz CT molecular complexity index is 440. The van der Waals surface area contributed by atoms with Gasteiger partial charge in [0.05, 0.1) is 25.0 Å². The number of para-hydroxylation sites is 1. The third-order valence-corrected chi connectivity index (χ3v) is 3.43. The summed E-state index contributed by atoms with van der Waals surface area (Å²) in [5, 5.41) is 12.5. The van der Waals surface area contributed by atoms with Crippen LogP contribution >= 0.6 is 0 Å². The van der Waals surface area contributed by atoms with Gasteiger partial charge in [0.15, 0.2) is 0 Å². The van der Waals surface area contributed by atoms with Crippen molar-refractivity contribution in [2.24, 2.45) is 0 Å². The van der Waals surface area contributed by atoms with Crippen LogP contribution < -0.4 is 10.2 Å². The van der Waals surface area contributed by atoms with Gasteiger partial charge in [0.25, 0.3) is 0 Å². The van der Waals surface area contributed by atoms with E-state index in [-0.39, 0.29) is 18.5 Å². The molecule has 0 spiro atoms. The van der Waals surface area contributed by atoms with Gasteiger partial charge in [-0.2, -0.15) is 0 Å². The second kappa shape index (κ2) is 7.02. The number of morpholine rings is 1. The summed E-state index contributed by atoms with van der Waals surface area (Å²) in [6, 6.07) is 5.51. The number of ether oxygens (including phenoxy) is 1. The molecule has 112 valence electrons. The number of hydrogen-bond acceptors (Lipinski definition) is 4. The number of hydrogen-bond donors (Lipinski definition) is 2. The van der Waals surface area contributed by atoms with E-state index in [1.165, 1.54) is 6.07 Å².